The SMILES string of the molecule is C[C@@H](O)CNCc1ccc(N(C)C)cc1. The number of hydrogen-bond acceptors (Lipinski definition) is 3. The molecule has 0 aliphatic carbocycles. The number of nitrogens with zero attached hydrogens (tertiary/aromatic N) is 1. The van der Waals surface area contributed by atoms with E-state index < -0.39 is 0 Å². The maximum absolute atomic E-state index is 9.08. The maximum atomic E-state index is 9.08. The van der Waals surface area contributed by atoms with Crippen LogP contribution in [0.25, 0.3) is 0 Å². The van der Waals surface area contributed by atoms with Gasteiger partial charge in [0.2, 0.25) is 0 Å². The van der Waals surface area contributed by atoms with Gasteiger partial charge in [-0.1, -0.05) is 12.1 Å². The first kappa shape index (κ1) is 12.0. The fraction of sp³-hybridized carbons (Fsp3) is 0.500. The molecule has 0 bridgehead atoms. The molecular weight excluding hydrogens is 188 g/mol. The summed E-state index contributed by atoms with van der Waals surface area (Å²) >= 11 is 0. The van der Waals surface area contributed by atoms with Crippen LogP contribution in [0.15, 0.2) is 24.3 Å². The molecule has 0 aliphatic heterocycles. The van der Waals surface area contributed by atoms with Crippen molar-refractivity contribution in [3.63, 3.8) is 0 Å². The Morgan fingerprint density at radius 1 is 1.27 bits per heavy atom. The van der Waals surface area contributed by atoms with Gasteiger partial charge in [0.25, 0.3) is 0 Å². The van der Waals surface area contributed by atoms with E-state index in [0.717, 1.165) is 6.54 Å². The Labute approximate surface area is 91.7 Å². The molecule has 1 aromatic rings. The number of nitrogens with one attached hydrogen (secondary N) is 1. The Hall–Kier alpha value is -1.06. The molecular formula is C12H20N2O. The van der Waals surface area contributed by atoms with Gasteiger partial charge in [-0.15, -0.1) is 0 Å². The minimum atomic E-state index is -0.286. The van der Waals surface area contributed by atoms with E-state index >= 15 is 0 Å². The lowest BCUT2D eigenvalue weighted by Crippen LogP contribution is -2.23. The number of hydrogen-bond donors (Lipinski definition) is 2. The number of anilines is 1. The van der Waals surface area contributed by atoms with Crippen molar-refractivity contribution in [1.82, 2.24) is 5.32 Å². The average molecular weight is 208 g/mol. The third kappa shape index (κ3) is 4.32. The van der Waals surface area contributed by atoms with Crippen molar-refractivity contribution in [1.29, 1.82) is 0 Å². The topological polar surface area (TPSA) is 35.5 Å². The molecule has 0 amide bonds. The molecule has 0 radical (unpaired) electrons. The van der Waals surface area contributed by atoms with E-state index in [0.29, 0.717) is 6.54 Å². The number of aliphatic hydroxyl groups excluding tert-OH is 1. The minimum absolute atomic E-state index is 0.286. The summed E-state index contributed by atoms with van der Waals surface area (Å²) in [6.07, 6.45) is -0.286. The van der Waals surface area contributed by atoms with Crippen molar-refractivity contribution in [2.24, 2.45) is 0 Å². The fourth-order valence-corrected chi connectivity index (χ4v) is 1.34. The lowest BCUT2D eigenvalue weighted by molar-refractivity contribution is 0.191. The monoisotopic (exact) mass is 208 g/mol. The third-order valence-electron chi connectivity index (χ3n) is 2.22. The van der Waals surface area contributed by atoms with Crippen LogP contribution in [0, 0.1) is 0 Å². The molecule has 0 aliphatic rings. The zero-order chi connectivity index (χ0) is 11.3. The molecule has 0 unspecified atom stereocenters. The first-order valence-electron chi connectivity index (χ1n) is 5.24. The van der Waals surface area contributed by atoms with Crippen molar-refractivity contribution in [2.45, 2.75) is 19.6 Å². The Kier molecular flexibility index (Phi) is 4.59. The van der Waals surface area contributed by atoms with Gasteiger partial charge in [-0.05, 0) is 24.6 Å². The molecule has 1 rings (SSSR count). The molecule has 1 atom stereocenters. The third-order valence-corrected chi connectivity index (χ3v) is 2.22. The second-order valence-corrected chi connectivity index (χ2v) is 4.04. The van der Waals surface area contributed by atoms with Crippen LogP contribution >= 0.6 is 0 Å². The van der Waals surface area contributed by atoms with Gasteiger partial charge in [-0.3, -0.25) is 0 Å². The molecule has 0 saturated carbocycles. The molecule has 3 heteroatoms. The van der Waals surface area contributed by atoms with E-state index in [-0.39, 0.29) is 6.10 Å². The molecule has 0 fully saturated rings. The molecule has 1 aromatic carbocycles. The molecule has 3 nitrogen and oxygen atoms in total. The van der Waals surface area contributed by atoms with Crippen molar-refractivity contribution < 1.29 is 5.11 Å². The highest BCUT2D eigenvalue weighted by Crippen LogP contribution is 2.11. The molecule has 0 spiro atoms. The Bertz CT molecular complexity index is 280. The minimum Gasteiger partial charge on any atom is -0.392 e. The fourth-order valence-electron chi connectivity index (χ4n) is 1.34. The van der Waals surface area contributed by atoms with Crippen LogP contribution in [0.5, 0.6) is 0 Å². The maximum Gasteiger partial charge on any atom is 0.0636 e. The van der Waals surface area contributed by atoms with Crippen molar-refractivity contribution in [2.75, 3.05) is 25.5 Å². The molecule has 0 saturated heterocycles. The normalized spacial score (nSPS) is 12.5. The van der Waals surface area contributed by atoms with E-state index in [1.54, 1.807) is 6.92 Å². The Morgan fingerprint density at radius 2 is 1.87 bits per heavy atom. The van der Waals surface area contributed by atoms with E-state index in [1.165, 1.54) is 11.3 Å². The van der Waals surface area contributed by atoms with Crippen LogP contribution in [-0.4, -0.2) is 31.9 Å². The van der Waals surface area contributed by atoms with Crippen molar-refractivity contribution >= 4 is 5.69 Å². The molecule has 0 heterocycles. The average Bonchev–Trinajstić information content (AvgIpc) is 2.18. The van der Waals surface area contributed by atoms with Gasteiger partial charge in [0, 0.05) is 32.9 Å². The first-order chi connectivity index (χ1) is 7.09. The summed E-state index contributed by atoms with van der Waals surface area (Å²) < 4.78 is 0. The zero-order valence-electron chi connectivity index (χ0n) is 9.70. The second-order valence-electron chi connectivity index (χ2n) is 4.04. The smallest absolute Gasteiger partial charge is 0.0636 e. The van der Waals surface area contributed by atoms with Crippen molar-refractivity contribution in [3.8, 4) is 0 Å². The predicted molar refractivity (Wildman–Crippen MR) is 64.2 cm³/mol. The summed E-state index contributed by atoms with van der Waals surface area (Å²) in [6.45, 7) is 3.22. The predicted octanol–water partition coefficient (Wildman–Crippen LogP) is 1.22. The number of benzene rings is 1. The summed E-state index contributed by atoms with van der Waals surface area (Å²) in [5.41, 5.74) is 2.44. The summed E-state index contributed by atoms with van der Waals surface area (Å²) in [6, 6.07) is 8.40. The first-order valence-corrected chi connectivity index (χ1v) is 5.24. The van der Waals surface area contributed by atoms with Gasteiger partial charge in [0.05, 0.1) is 6.10 Å². The lowest BCUT2D eigenvalue weighted by Gasteiger charge is -2.13. The van der Waals surface area contributed by atoms with E-state index in [9.17, 15) is 0 Å². The molecule has 2 N–H and O–H groups in total. The summed E-state index contributed by atoms with van der Waals surface area (Å²) in [7, 11) is 4.06. The zero-order valence-corrected chi connectivity index (χ0v) is 9.70. The lowest BCUT2D eigenvalue weighted by atomic mass is 10.2. The van der Waals surface area contributed by atoms with Crippen molar-refractivity contribution in [3.05, 3.63) is 29.8 Å². The molecule has 0 aromatic heterocycles. The molecule has 15 heavy (non-hydrogen) atoms. The Morgan fingerprint density at radius 3 is 2.33 bits per heavy atom. The molecule has 84 valence electrons. The van der Waals surface area contributed by atoms with E-state index in [1.807, 2.05) is 14.1 Å². The standard InChI is InChI=1S/C12H20N2O/c1-10(15)8-13-9-11-4-6-12(7-5-11)14(2)3/h4-7,10,13,15H,8-9H2,1-3H3/t10-/m1/s1. The van der Waals surface area contributed by atoms with Gasteiger partial charge in [-0.2, -0.15) is 0 Å². The van der Waals surface area contributed by atoms with Crippen LogP contribution in [0.2, 0.25) is 0 Å². The van der Waals surface area contributed by atoms with Gasteiger partial charge < -0.3 is 15.3 Å². The van der Waals surface area contributed by atoms with Crippen LogP contribution in [-0.2, 0) is 6.54 Å². The highest BCUT2D eigenvalue weighted by Gasteiger charge is 1.97. The van der Waals surface area contributed by atoms with Crippen LogP contribution < -0.4 is 10.2 Å². The van der Waals surface area contributed by atoms with Gasteiger partial charge in [0.15, 0.2) is 0 Å². The summed E-state index contributed by atoms with van der Waals surface area (Å²) in [4.78, 5) is 2.08. The van der Waals surface area contributed by atoms with Crippen LogP contribution in [0.1, 0.15) is 12.5 Å². The van der Waals surface area contributed by atoms with Gasteiger partial charge in [0.1, 0.15) is 0 Å². The second kappa shape index (κ2) is 5.73. The number of rotatable bonds is 5. The highest BCUT2D eigenvalue weighted by atomic mass is 16.3. The van der Waals surface area contributed by atoms with Crippen LogP contribution in [0.3, 0.4) is 0 Å². The number of aliphatic hydroxyl groups is 1. The Balaban J connectivity index is 2.43. The highest BCUT2D eigenvalue weighted by molar-refractivity contribution is 5.45. The van der Waals surface area contributed by atoms with E-state index in [4.69, 9.17) is 5.11 Å². The summed E-state index contributed by atoms with van der Waals surface area (Å²) in [5, 5.41) is 12.3. The largest absolute Gasteiger partial charge is 0.392 e. The summed E-state index contributed by atoms with van der Waals surface area (Å²) in [5.74, 6) is 0. The van der Waals surface area contributed by atoms with Crippen LogP contribution in [0.4, 0.5) is 5.69 Å². The van der Waals surface area contributed by atoms with Gasteiger partial charge in [-0.25, -0.2) is 0 Å². The quantitative estimate of drug-likeness (QED) is 0.764. The van der Waals surface area contributed by atoms with Gasteiger partial charge >= 0.3 is 0 Å². The van der Waals surface area contributed by atoms with E-state index in [2.05, 4.69) is 34.5 Å².